The van der Waals surface area contributed by atoms with Crippen LogP contribution in [0.25, 0.3) is 0 Å². The second kappa shape index (κ2) is 11.9. The third-order valence-corrected chi connectivity index (χ3v) is 2.86. The molecule has 0 radical (unpaired) electrons. The standard InChI is InChI=1S/C14H28O3/c1-3-4-5-6-7-8-9-10-11-17-13(2)12-14(15)16/h13H,3-12H2,1-2H3,(H,15,16). The second-order valence-corrected chi connectivity index (χ2v) is 4.75. The van der Waals surface area contributed by atoms with Crippen LogP contribution in [0.15, 0.2) is 0 Å². The molecule has 17 heavy (non-hydrogen) atoms. The number of rotatable bonds is 12. The van der Waals surface area contributed by atoms with E-state index in [-0.39, 0.29) is 12.5 Å². The Hall–Kier alpha value is -0.570. The number of carbonyl (C=O) groups is 1. The maximum Gasteiger partial charge on any atom is 0.305 e. The third kappa shape index (κ3) is 13.4. The Kier molecular flexibility index (Phi) is 11.5. The summed E-state index contributed by atoms with van der Waals surface area (Å²) in [5, 5.41) is 8.55. The van der Waals surface area contributed by atoms with Crippen LogP contribution in [0.5, 0.6) is 0 Å². The fraction of sp³-hybridized carbons (Fsp3) is 0.929. The molecule has 1 atom stereocenters. The van der Waals surface area contributed by atoms with Crippen LogP contribution >= 0.6 is 0 Å². The van der Waals surface area contributed by atoms with Crippen molar-refractivity contribution in [1.29, 1.82) is 0 Å². The Labute approximate surface area is 106 Å². The number of carboxylic acid groups (broad SMARTS) is 1. The van der Waals surface area contributed by atoms with Crippen molar-refractivity contribution >= 4 is 5.97 Å². The van der Waals surface area contributed by atoms with Crippen molar-refractivity contribution in [3.8, 4) is 0 Å². The van der Waals surface area contributed by atoms with Crippen molar-refractivity contribution in [1.82, 2.24) is 0 Å². The molecule has 0 aromatic carbocycles. The first kappa shape index (κ1) is 16.4. The maximum absolute atomic E-state index is 10.4. The number of unbranched alkanes of at least 4 members (excludes halogenated alkanes) is 7. The summed E-state index contributed by atoms with van der Waals surface area (Å²) in [6.45, 7) is 4.75. The van der Waals surface area contributed by atoms with Crippen LogP contribution in [0.3, 0.4) is 0 Å². The fourth-order valence-corrected chi connectivity index (χ4v) is 1.83. The lowest BCUT2D eigenvalue weighted by Crippen LogP contribution is -2.14. The van der Waals surface area contributed by atoms with Crippen molar-refractivity contribution in [2.45, 2.75) is 77.7 Å². The van der Waals surface area contributed by atoms with E-state index in [2.05, 4.69) is 6.92 Å². The summed E-state index contributed by atoms with van der Waals surface area (Å²) in [7, 11) is 0. The first-order valence-corrected chi connectivity index (χ1v) is 7.00. The van der Waals surface area contributed by atoms with Crippen LogP contribution in [0.2, 0.25) is 0 Å². The lowest BCUT2D eigenvalue weighted by molar-refractivity contribution is -0.139. The molecule has 0 saturated carbocycles. The van der Waals surface area contributed by atoms with Crippen molar-refractivity contribution in [2.75, 3.05) is 6.61 Å². The summed E-state index contributed by atoms with van der Waals surface area (Å²) in [6, 6.07) is 0. The topological polar surface area (TPSA) is 46.5 Å². The normalized spacial score (nSPS) is 12.6. The number of aliphatic carboxylic acids is 1. The van der Waals surface area contributed by atoms with Gasteiger partial charge in [0.1, 0.15) is 0 Å². The van der Waals surface area contributed by atoms with Crippen molar-refractivity contribution in [3.63, 3.8) is 0 Å². The SMILES string of the molecule is CCCCCCCCCCOC(C)CC(=O)O. The van der Waals surface area contributed by atoms with Crippen LogP contribution in [-0.2, 0) is 9.53 Å². The van der Waals surface area contributed by atoms with E-state index < -0.39 is 5.97 Å². The van der Waals surface area contributed by atoms with Gasteiger partial charge < -0.3 is 9.84 Å². The molecular formula is C14H28O3. The minimum Gasteiger partial charge on any atom is -0.481 e. The van der Waals surface area contributed by atoms with E-state index in [0.29, 0.717) is 6.61 Å². The molecule has 1 unspecified atom stereocenters. The van der Waals surface area contributed by atoms with Crippen LogP contribution in [0.4, 0.5) is 0 Å². The van der Waals surface area contributed by atoms with Gasteiger partial charge in [0.15, 0.2) is 0 Å². The molecule has 0 bridgehead atoms. The molecule has 3 heteroatoms. The molecule has 102 valence electrons. The van der Waals surface area contributed by atoms with Crippen LogP contribution in [-0.4, -0.2) is 23.8 Å². The van der Waals surface area contributed by atoms with Gasteiger partial charge in [-0.05, 0) is 13.3 Å². The summed E-state index contributed by atoms with van der Waals surface area (Å²) >= 11 is 0. The number of hydrogen-bond donors (Lipinski definition) is 1. The van der Waals surface area contributed by atoms with Gasteiger partial charge in [0, 0.05) is 6.61 Å². The Morgan fingerprint density at radius 2 is 1.59 bits per heavy atom. The highest BCUT2D eigenvalue weighted by Crippen LogP contribution is 2.09. The molecule has 1 N–H and O–H groups in total. The highest BCUT2D eigenvalue weighted by Gasteiger charge is 2.06. The third-order valence-electron chi connectivity index (χ3n) is 2.86. The van der Waals surface area contributed by atoms with E-state index in [4.69, 9.17) is 9.84 Å². The molecule has 0 aliphatic rings. The molecule has 0 rings (SSSR count). The van der Waals surface area contributed by atoms with Crippen molar-refractivity contribution in [3.05, 3.63) is 0 Å². The van der Waals surface area contributed by atoms with Gasteiger partial charge in [0.25, 0.3) is 0 Å². The minimum atomic E-state index is -0.784. The smallest absolute Gasteiger partial charge is 0.305 e. The van der Waals surface area contributed by atoms with Gasteiger partial charge in [-0.1, -0.05) is 51.9 Å². The Morgan fingerprint density at radius 3 is 2.12 bits per heavy atom. The van der Waals surface area contributed by atoms with E-state index in [1.807, 2.05) is 6.92 Å². The molecule has 0 aromatic heterocycles. The van der Waals surface area contributed by atoms with Gasteiger partial charge in [0.05, 0.1) is 12.5 Å². The van der Waals surface area contributed by atoms with Crippen LogP contribution in [0, 0.1) is 0 Å². The quantitative estimate of drug-likeness (QED) is 0.528. The van der Waals surface area contributed by atoms with E-state index in [9.17, 15) is 4.79 Å². The first-order valence-electron chi connectivity index (χ1n) is 7.00. The zero-order chi connectivity index (χ0) is 12.9. The van der Waals surface area contributed by atoms with Gasteiger partial charge in [-0.25, -0.2) is 0 Å². The van der Waals surface area contributed by atoms with E-state index in [1.165, 1.54) is 44.9 Å². The summed E-state index contributed by atoms with van der Waals surface area (Å²) in [5.41, 5.74) is 0. The zero-order valence-corrected chi connectivity index (χ0v) is 11.4. The van der Waals surface area contributed by atoms with Crippen LogP contribution in [0.1, 0.15) is 71.6 Å². The van der Waals surface area contributed by atoms with Gasteiger partial charge >= 0.3 is 5.97 Å². The molecule has 0 aliphatic carbocycles. The fourth-order valence-electron chi connectivity index (χ4n) is 1.83. The van der Waals surface area contributed by atoms with E-state index in [0.717, 1.165) is 6.42 Å². The lowest BCUT2D eigenvalue weighted by Gasteiger charge is -2.10. The summed E-state index contributed by atoms with van der Waals surface area (Å²) in [6.07, 6.45) is 10.2. The van der Waals surface area contributed by atoms with Gasteiger partial charge in [-0.3, -0.25) is 4.79 Å². The molecule has 0 amide bonds. The average Bonchev–Trinajstić information content (AvgIpc) is 2.26. The highest BCUT2D eigenvalue weighted by molar-refractivity contribution is 5.67. The molecular weight excluding hydrogens is 216 g/mol. The summed E-state index contributed by atoms with van der Waals surface area (Å²) < 4.78 is 5.42. The lowest BCUT2D eigenvalue weighted by atomic mass is 10.1. The van der Waals surface area contributed by atoms with Crippen LogP contribution < -0.4 is 0 Å². The Morgan fingerprint density at radius 1 is 1.06 bits per heavy atom. The van der Waals surface area contributed by atoms with Gasteiger partial charge in [-0.2, -0.15) is 0 Å². The predicted octanol–water partition coefficient (Wildman–Crippen LogP) is 4.01. The van der Waals surface area contributed by atoms with Gasteiger partial charge in [-0.15, -0.1) is 0 Å². The summed E-state index contributed by atoms with van der Waals surface area (Å²) in [5.74, 6) is -0.784. The first-order chi connectivity index (χ1) is 8.16. The average molecular weight is 244 g/mol. The Bertz CT molecular complexity index is 180. The number of hydrogen-bond acceptors (Lipinski definition) is 2. The number of ether oxygens (including phenoxy) is 1. The molecule has 0 aliphatic heterocycles. The van der Waals surface area contributed by atoms with Gasteiger partial charge in [0.2, 0.25) is 0 Å². The molecule has 0 heterocycles. The molecule has 0 fully saturated rings. The Balaban J connectivity index is 3.10. The highest BCUT2D eigenvalue weighted by atomic mass is 16.5. The molecule has 3 nitrogen and oxygen atoms in total. The van der Waals surface area contributed by atoms with E-state index in [1.54, 1.807) is 0 Å². The summed E-state index contributed by atoms with van der Waals surface area (Å²) in [4.78, 5) is 10.4. The maximum atomic E-state index is 10.4. The monoisotopic (exact) mass is 244 g/mol. The molecule has 0 saturated heterocycles. The largest absolute Gasteiger partial charge is 0.481 e. The predicted molar refractivity (Wildman–Crippen MR) is 70.3 cm³/mol. The zero-order valence-electron chi connectivity index (χ0n) is 11.4. The minimum absolute atomic E-state index is 0.108. The molecule has 0 spiro atoms. The van der Waals surface area contributed by atoms with E-state index >= 15 is 0 Å². The van der Waals surface area contributed by atoms with Crippen molar-refractivity contribution < 1.29 is 14.6 Å². The van der Waals surface area contributed by atoms with Crippen molar-refractivity contribution in [2.24, 2.45) is 0 Å². The number of carboxylic acids is 1. The molecule has 0 aromatic rings. The second-order valence-electron chi connectivity index (χ2n) is 4.75.